The van der Waals surface area contributed by atoms with Crippen molar-refractivity contribution in [2.24, 2.45) is 5.92 Å². The monoisotopic (exact) mass is 349 g/mol. The van der Waals surface area contributed by atoms with Gasteiger partial charge in [-0.25, -0.2) is 15.2 Å². The van der Waals surface area contributed by atoms with E-state index in [1.165, 1.54) is 18.2 Å². The molecule has 0 bridgehead atoms. The highest BCUT2D eigenvalue weighted by Crippen LogP contribution is 2.25. The molecule has 2 aliphatic rings. The summed E-state index contributed by atoms with van der Waals surface area (Å²) in [5, 5.41) is 5.66. The zero-order chi connectivity index (χ0) is 17.6. The van der Waals surface area contributed by atoms with Gasteiger partial charge in [-0.05, 0) is 43.9 Å². The van der Waals surface area contributed by atoms with E-state index < -0.39 is 5.82 Å². The van der Waals surface area contributed by atoms with Crippen molar-refractivity contribution in [2.75, 3.05) is 13.1 Å². The van der Waals surface area contributed by atoms with Crippen LogP contribution in [0, 0.1) is 11.7 Å². The first-order valence-electron chi connectivity index (χ1n) is 8.71. The Morgan fingerprint density at radius 1 is 1.12 bits per heavy atom. The molecule has 5 N–H and O–H groups in total. The standard InChI is InChI=1S/C17H24FN5O2/c18-13-4-1-3-11(9-13)16(24)19-7-2-8-20-17(25)12-5-6-14-15(10-12)22-23-21-14/h1,3-4,9,12,14-15,21-23H,2,5-8,10H2,(H,19,24)(H,20,25). The van der Waals surface area contributed by atoms with Crippen LogP contribution in [0.5, 0.6) is 0 Å². The summed E-state index contributed by atoms with van der Waals surface area (Å²) >= 11 is 0. The number of benzene rings is 1. The van der Waals surface area contributed by atoms with Crippen LogP contribution in [-0.4, -0.2) is 37.0 Å². The number of hydrogen-bond donors (Lipinski definition) is 5. The van der Waals surface area contributed by atoms with Crippen molar-refractivity contribution < 1.29 is 14.0 Å². The molecule has 136 valence electrons. The molecule has 0 radical (unpaired) electrons. The van der Waals surface area contributed by atoms with Gasteiger partial charge in [0.15, 0.2) is 0 Å². The SMILES string of the molecule is O=C(NCCCNC(=O)C1CCC2NNNC2C1)c1cccc(F)c1. The molecule has 7 nitrogen and oxygen atoms in total. The zero-order valence-electron chi connectivity index (χ0n) is 14.0. The molecule has 25 heavy (non-hydrogen) atoms. The minimum absolute atomic E-state index is 0.0253. The van der Waals surface area contributed by atoms with Gasteiger partial charge in [0, 0.05) is 36.7 Å². The number of amides is 2. The van der Waals surface area contributed by atoms with E-state index >= 15 is 0 Å². The van der Waals surface area contributed by atoms with Gasteiger partial charge in [-0.2, -0.15) is 5.53 Å². The van der Waals surface area contributed by atoms with Crippen LogP contribution in [0.2, 0.25) is 0 Å². The summed E-state index contributed by atoms with van der Waals surface area (Å²) in [6, 6.07) is 6.25. The minimum Gasteiger partial charge on any atom is -0.356 e. The van der Waals surface area contributed by atoms with Crippen molar-refractivity contribution in [3.8, 4) is 0 Å². The lowest BCUT2D eigenvalue weighted by Crippen LogP contribution is -2.44. The molecule has 0 spiro atoms. The molecule has 1 aliphatic carbocycles. The van der Waals surface area contributed by atoms with Crippen molar-refractivity contribution in [1.29, 1.82) is 0 Å². The van der Waals surface area contributed by atoms with Crippen LogP contribution in [0.1, 0.15) is 36.0 Å². The Hall–Kier alpha value is -2.03. The van der Waals surface area contributed by atoms with Crippen LogP contribution in [0.4, 0.5) is 4.39 Å². The molecule has 0 aromatic heterocycles. The number of carbonyl (C=O) groups is 2. The number of halogens is 1. The van der Waals surface area contributed by atoms with Crippen molar-refractivity contribution in [1.82, 2.24) is 27.0 Å². The third-order valence-corrected chi connectivity index (χ3v) is 4.76. The van der Waals surface area contributed by atoms with Crippen LogP contribution < -0.4 is 27.0 Å². The summed E-state index contributed by atoms with van der Waals surface area (Å²) in [4.78, 5) is 24.1. The topological polar surface area (TPSA) is 94.3 Å². The largest absolute Gasteiger partial charge is 0.356 e. The van der Waals surface area contributed by atoms with Crippen LogP contribution in [0.3, 0.4) is 0 Å². The summed E-state index contributed by atoms with van der Waals surface area (Å²) < 4.78 is 13.1. The van der Waals surface area contributed by atoms with E-state index in [9.17, 15) is 14.0 Å². The van der Waals surface area contributed by atoms with Crippen molar-refractivity contribution in [2.45, 2.75) is 37.8 Å². The average Bonchev–Trinajstić information content (AvgIpc) is 3.08. The second-order valence-electron chi connectivity index (χ2n) is 6.55. The fourth-order valence-corrected chi connectivity index (χ4v) is 3.35. The van der Waals surface area contributed by atoms with Gasteiger partial charge in [-0.1, -0.05) is 6.07 Å². The Morgan fingerprint density at radius 3 is 2.76 bits per heavy atom. The maximum atomic E-state index is 13.1. The zero-order valence-corrected chi connectivity index (χ0v) is 14.0. The number of fused-ring (bicyclic) bond motifs is 1. The fourth-order valence-electron chi connectivity index (χ4n) is 3.35. The molecule has 3 unspecified atom stereocenters. The molecule has 2 fully saturated rings. The normalized spacial score (nSPS) is 25.2. The second kappa shape index (κ2) is 8.37. The predicted octanol–water partition coefficient (Wildman–Crippen LogP) is 0.212. The lowest BCUT2D eigenvalue weighted by Gasteiger charge is -2.29. The highest BCUT2D eigenvalue weighted by Gasteiger charge is 2.36. The maximum absolute atomic E-state index is 13.1. The van der Waals surface area contributed by atoms with Crippen LogP contribution in [0.15, 0.2) is 24.3 Å². The Labute approximate surface area is 146 Å². The Kier molecular flexibility index (Phi) is 5.95. The summed E-state index contributed by atoms with van der Waals surface area (Å²) in [6.07, 6.45) is 3.28. The van der Waals surface area contributed by atoms with E-state index in [-0.39, 0.29) is 23.8 Å². The van der Waals surface area contributed by atoms with Crippen molar-refractivity contribution >= 4 is 11.8 Å². The molecule has 1 aliphatic heterocycles. The number of carbonyl (C=O) groups excluding carboxylic acids is 2. The van der Waals surface area contributed by atoms with Gasteiger partial charge in [0.05, 0.1) is 0 Å². The van der Waals surface area contributed by atoms with E-state index in [0.29, 0.717) is 31.1 Å². The van der Waals surface area contributed by atoms with Gasteiger partial charge in [0.2, 0.25) is 5.91 Å². The van der Waals surface area contributed by atoms with Crippen molar-refractivity contribution in [3.63, 3.8) is 0 Å². The molecular weight excluding hydrogens is 325 g/mol. The Balaban J connectivity index is 1.32. The number of hydrazine groups is 2. The van der Waals surface area contributed by atoms with Gasteiger partial charge in [-0.3, -0.25) is 9.59 Å². The minimum atomic E-state index is -0.434. The Bertz CT molecular complexity index is 627. The summed E-state index contributed by atoms with van der Waals surface area (Å²) in [5.74, 6) is -0.644. The predicted molar refractivity (Wildman–Crippen MR) is 90.7 cm³/mol. The van der Waals surface area contributed by atoms with Gasteiger partial charge >= 0.3 is 0 Å². The van der Waals surface area contributed by atoms with Crippen molar-refractivity contribution in [3.05, 3.63) is 35.6 Å². The quantitative estimate of drug-likeness (QED) is 0.474. The van der Waals surface area contributed by atoms with E-state index in [1.807, 2.05) is 0 Å². The lowest BCUT2D eigenvalue weighted by atomic mass is 9.82. The van der Waals surface area contributed by atoms with Gasteiger partial charge in [0.1, 0.15) is 5.82 Å². The number of hydrogen-bond acceptors (Lipinski definition) is 5. The molecule has 3 atom stereocenters. The van der Waals surface area contributed by atoms with Gasteiger partial charge in [0.25, 0.3) is 5.91 Å². The van der Waals surface area contributed by atoms with E-state index in [2.05, 4.69) is 27.0 Å². The average molecular weight is 349 g/mol. The van der Waals surface area contributed by atoms with E-state index in [4.69, 9.17) is 0 Å². The molecule has 1 aromatic rings. The van der Waals surface area contributed by atoms with E-state index in [1.54, 1.807) is 6.07 Å². The number of nitrogens with one attached hydrogen (secondary N) is 5. The maximum Gasteiger partial charge on any atom is 0.251 e. The first-order valence-corrected chi connectivity index (χ1v) is 8.71. The molecule has 1 heterocycles. The molecule has 1 aromatic carbocycles. The van der Waals surface area contributed by atoms with E-state index in [0.717, 1.165) is 19.3 Å². The smallest absolute Gasteiger partial charge is 0.251 e. The van der Waals surface area contributed by atoms with Gasteiger partial charge in [-0.15, -0.1) is 0 Å². The Morgan fingerprint density at radius 2 is 1.92 bits per heavy atom. The molecular formula is C17H24FN5O2. The lowest BCUT2D eigenvalue weighted by molar-refractivity contribution is -0.126. The van der Waals surface area contributed by atoms with Crippen LogP contribution in [0.25, 0.3) is 0 Å². The summed E-state index contributed by atoms with van der Waals surface area (Å²) in [5.41, 5.74) is 9.50. The van der Waals surface area contributed by atoms with Crippen LogP contribution in [-0.2, 0) is 4.79 Å². The molecule has 1 saturated carbocycles. The fraction of sp³-hybridized carbons (Fsp3) is 0.529. The number of rotatable bonds is 6. The third kappa shape index (κ3) is 4.75. The third-order valence-electron chi connectivity index (χ3n) is 4.76. The first kappa shape index (κ1) is 17.8. The first-order chi connectivity index (χ1) is 12.1. The second-order valence-corrected chi connectivity index (χ2v) is 6.55. The van der Waals surface area contributed by atoms with Gasteiger partial charge < -0.3 is 10.6 Å². The molecule has 3 rings (SSSR count). The molecule has 1 saturated heterocycles. The summed E-state index contributed by atoms with van der Waals surface area (Å²) in [7, 11) is 0. The highest BCUT2D eigenvalue weighted by molar-refractivity contribution is 5.94. The molecule has 8 heteroatoms. The highest BCUT2D eigenvalue weighted by atomic mass is 19.1. The summed E-state index contributed by atoms with van der Waals surface area (Å²) in [6.45, 7) is 0.942. The molecule has 2 amide bonds. The van der Waals surface area contributed by atoms with Crippen LogP contribution >= 0.6 is 0 Å².